The zero-order valence-corrected chi connectivity index (χ0v) is 15.5. The number of nitrogen functional groups attached to an aromatic ring is 1. The Labute approximate surface area is 155 Å². The van der Waals surface area contributed by atoms with Gasteiger partial charge in [0.25, 0.3) is 0 Å². The number of benzene rings is 1. The second-order valence-electron chi connectivity index (χ2n) is 4.62. The second kappa shape index (κ2) is 7.73. The molecule has 2 aromatic heterocycles. The first kappa shape index (κ1) is 16.9. The number of nitrogens with two attached hydrogens (primary N) is 1. The number of carbonyl (C=O) groups excluding carboxylic acids is 1. The van der Waals surface area contributed by atoms with Crippen molar-refractivity contribution in [3.05, 3.63) is 46.3 Å². The van der Waals surface area contributed by atoms with Crippen LogP contribution in [0.3, 0.4) is 0 Å². The number of nitrogens with one attached hydrogen (secondary N) is 1. The van der Waals surface area contributed by atoms with Crippen molar-refractivity contribution >= 4 is 56.6 Å². The van der Waals surface area contributed by atoms with Gasteiger partial charge in [-0.15, -0.1) is 11.3 Å². The van der Waals surface area contributed by atoms with E-state index in [4.69, 9.17) is 5.73 Å². The third kappa shape index (κ3) is 4.53. The Kier molecular flexibility index (Phi) is 5.44. The van der Waals surface area contributed by atoms with E-state index in [1.54, 1.807) is 0 Å². The molecule has 0 fully saturated rings. The lowest BCUT2D eigenvalue weighted by Gasteiger charge is -2.05. The molecule has 122 valence electrons. The van der Waals surface area contributed by atoms with Crippen molar-refractivity contribution in [1.29, 1.82) is 0 Å². The summed E-state index contributed by atoms with van der Waals surface area (Å²) < 4.78 is 0.955. The van der Waals surface area contributed by atoms with Gasteiger partial charge in [-0.1, -0.05) is 33.8 Å². The molecule has 3 rings (SSSR count). The Bertz CT molecular complexity index is 840. The van der Waals surface area contributed by atoms with Gasteiger partial charge < -0.3 is 11.1 Å². The minimum absolute atomic E-state index is 0.140. The number of rotatable bonds is 5. The summed E-state index contributed by atoms with van der Waals surface area (Å²) in [7, 11) is 0. The van der Waals surface area contributed by atoms with Gasteiger partial charge in [-0.2, -0.15) is 9.97 Å². The molecule has 6 nitrogen and oxygen atoms in total. The second-order valence-corrected chi connectivity index (χ2v) is 7.43. The molecule has 3 N–H and O–H groups in total. The van der Waals surface area contributed by atoms with Crippen LogP contribution in [0.5, 0.6) is 0 Å². The molecule has 0 spiro atoms. The van der Waals surface area contributed by atoms with Crippen LogP contribution in [0.25, 0.3) is 10.7 Å². The number of hydrogen-bond acceptors (Lipinski definition) is 7. The first-order valence-electron chi connectivity index (χ1n) is 6.84. The summed E-state index contributed by atoms with van der Waals surface area (Å²) in [6.07, 6.45) is 0. The Balaban J connectivity index is 1.64. The first-order chi connectivity index (χ1) is 11.6. The molecule has 0 atom stereocenters. The molecular formula is C15H12BrN5OS2. The quantitative estimate of drug-likeness (QED) is 0.610. The van der Waals surface area contributed by atoms with Crippen molar-refractivity contribution in [1.82, 2.24) is 15.0 Å². The van der Waals surface area contributed by atoms with Crippen LogP contribution in [0, 0.1) is 0 Å². The molecular weight excluding hydrogens is 410 g/mol. The number of anilines is 2. The Hall–Kier alpha value is -1.97. The van der Waals surface area contributed by atoms with Crippen LogP contribution in [-0.2, 0) is 4.79 Å². The predicted octanol–water partition coefficient (Wildman–Crippen LogP) is 3.68. The van der Waals surface area contributed by atoms with E-state index >= 15 is 0 Å². The number of thioether (sulfide) groups is 1. The molecule has 1 amide bonds. The van der Waals surface area contributed by atoms with E-state index in [1.807, 2.05) is 41.8 Å². The standard InChI is InChI=1S/C15H12BrN5OS2/c16-9-3-5-10(6-4-9)18-12(22)8-24-15-20-13(19-14(17)21-15)11-2-1-7-23-11/h1-7H,8H2,(H,18,22)(H2,17,19,20,21). The fourth-order valence-electron chi connectivity index (χ4n) is 1.81. The highest BCUT2D eigenvalue weighted by atomic mass is 79.9. The molecule has 0 saturated carbocycles. The molecule has 0 radical (unpaired) electrons. The van der Waals surface area contributed by atoms with Crippen LogP contribution in [-0.4, -0.2) is 26.6 Å². The number of thiophene rings is 1. The molecule has 0 aliphatic rings. The summed E-state index contributed by atoms with van der Waals surface area (Å²) in [6, 6.07) is 11.2. The predicted molar refractivity (Wildman–Crippen MR) is 101 cm³/mol. The summed E-state index contributed by atoms with van der Waals surface area (Å²) in [5.74, 6) is 0.708. The molecule has 0 aliphatic heterocycles. The normalized spacial score (nSPS) is 10.5. The van der Waals surface area contributed by atoms with Gasteiger partial charge in [0.15, 0.2) is 11.0 Å². The van der Waals surface area contributed by atoms with E-state index in [2.05, 4.69) is 36.2 Å². The van der Waals surface area contributed by atoms with Crippen LogP contribution in [0.15, 0.2) is 51.4 Å². The topological polar surface area (TPSA) is 93.8 Å². The molecule has 9 heteroatoms. The van der Waals surface area contributed by atoms with Crippen LogP contribution < -0.4 is 11.1 Å². The third-order valence-corrected chi connectivity index (χ3v) is 5.08. The van der Waals surface area contributed by atoms with Gasteiger partial charge in [0.1, 0.15) is 0 Å². The lowest BCUT2D eigenvalue weighted by Crippen LogP contribution is -2.14. The van der Waals surface area contributed by atoms with Gasteiger partial charge >= 0.3 is 0 Å². The van der Waals surface area contributed by atoms with Gasteiger partial charge in [-0.25, -0.2) is 4.98 Å². The average molecular weight is 422 g/mol. The molecule has 0 aliphatic carbocycles. The van der Waals surface area contributed by atoms with E-state index in [-0.39, 0.29) is 17.6 Å². The van der Waals surface area contributed by atoms with E-state index in [1.165, 1.54) is 23.1 Å². The monoisotopic (exact) mass is 421 g/mol. The number of hydrogen-bond donors (Lipinski definition) is 2. The smallest absolute Gasteiger partial charge is 0.234 e. The zero-order valence-electron chi connectivity index (χ0n) is 12.3. The average Bonchev–Trinajstić information content (AvgIpc) is 3.09. The van der Waals surface area contributed by atoms with Crippen molar-refractivity contribution in [2.24, 2.45) is 0 Å². The van der Waals surface area contributed by atoms with Crippen molar-refractivity contribution in [3.8, 4) is 10.7 Å². The zero-order chi connectivity index (χ0) is 16.9. The number of nitrogens with zero attached hydrogens (tertiary/aromatic N) is 3. The fraction of sp³-hybridized carbons (Fsp3) is 0.0667. The highest BCUT2D eigenvalue weighted by Gasteiger charge is 2.10. The molecule has 0 saturated heterocycles. The highest BCUT2D eigenvalue weighted by molar-refractivity contribution is 9.10. The lowest BCUT2D eigenvalue weighted by atomic mass is 10.3. The molecule has 2 heterocycles. The third-order valence-electron chi connectivity index (χ3n) is 2.83. The van der Waals surface area contributed by atoms with Gasteiger partial charge in [0, 0.05) is 10.2 Å². The van der Waals surface area contributed by atoms with Crippen molar-refractivity contribution in [3.63, 3.8) is 0 Å². The maximum absolute atomic E-state index is 12.0. The summed E-state index contributed by atoms with van der Waals surface area (Å²) in [4.78, 5) is 25.5. The Morgan fingerprint density at radius 3 is 2.71 bits per heavy atom. The van der Waals surface area contributed by atoms with Gasteiger partial charge in [0.2, 0.25) is 11.9 Å². The van der Waals surface area contributed by atoms with Gasteiger partial charge in [-0.05, 0) is 35.7 Å². The fourth-order valence-corrected chi connectivity index (χ4v) is 3.38. The van der Waals surface area contributed by atoms with Crippen LogP contribution >= 0.6 is 39.0 Å². The molecule has 24 heavy (non-hydrogen) atoms. The molecule has 3 aromatic rings. The van der Waals surface area contributed by atoms with Crippen molar-refractivity contribution in [2.45, 2.75) is 5.16 Å². The van der Waals surface area contributed by atoms with E-state index < -0.39 is 0 Å². The molecule has 0 bridgehead atoms. The summed E-state index contributed by atoms with van der Waals surface area (Å²) in [5.41, 5.74) is 6.47. The minimum Gasteiger partial charge on any atom is -0.368 e. The summed E-state index contributed by atoms with van der Waals surface area (Å²) in [6.45, 7) is 0. The van der Waals surface area contributed by atoms with E-state index in [0.717, 1.165) is 15.0 Å². The van der Waals surface area contributed by atoms with Crippen molar-refractivity contribution < 1.29 is 4.79 Å². The van der Waals surface area contributed by atoms with Gasteiger partial charge in [0.05, 0.1) is 10.6 Å². The number of amides is 1. The van der Waals surface area contributed by atoms with Gasteiger partial charge in [-0.3, -0.25) is 4.79 Å². The first-order valence-corrected chi connectivity index (χ1v) is 9.49. The Morgan fingerprint density at radius 2 is 2.00 bits per heavy atom. The number of halogens is 1. The van der Waals surface area contributed by atoms with Crippen LogP contribution in [0.2, 0.25) is 0 Å². The van der Waals surface area contributed by atoms with Crippen molar-refractivity contribution in [2.75, 3.05) is 16.8 Å². The number of aromatic nitrogens is 3. The maximum atomic E-state index is 12.0. The minimum atomic E-state index is -0.140. The number of carbonyl (C=O) groups is 1. The SMILES string of the molecule is Nc1nc(SCC(=O)Nc2ccc(Br)cc2)nc(-c2cccs2)n1. The maximum Gasteiger partial charge on any atom is 0.234 e. The Morgan fingerprint density at radius 1 is 1.21 bits per heavy atom. The lowest BCUT2D eigenvalue weighted by molar-refractivity contribution is -0.113. The van der Waals surface area contributed by atoms with Crippen LogP contribution in [0.4, 0.5) is 11.6 Å². The summed E-state index contributed by atoms with van der Waals surface area (Å²) in [5, 5.41) is 5.18. The summed E-state index contributed by atoms with van der Waals surface area (Å²) >= 11 is 6.09. The van der Waals surface area contributed by atoms with E-state index in [9.17, 15) is 4.79 Å². The largest absolute Gasteiger partial charge is 0.368 e. The highest BCUT2D eigenvalue weighted by Crippen LogP contribution is 2.24. The van der Waals surface area contributed by atoms with E-state index in [0.29, 0.717) is 11.0 Å². The molecule has 1 aromatic carbocycles. The van der Waals surface area contributed by atoms with Crippen LogP contribution in [0.1, 0.15) is 0 Å². The molecule has 0 unspecified atom stereocenters.